The van der Waals surface area contributed by atoms with Gasteiger partial charge in [-0.2, -0.15) is 5.26 Å². The number of nitriles is 1. The van der Waals surface area contributed by atoms with E-state index in [1.165, 1.54) is 37.7 Å². The Kier molecular flexibility index (Phi) is 5.23. The molecular weight excluding hydrogens is 236 g/mol. The van der Waals surface area contributed by atoms with Crippen LogP contribution in [-0.2, 0) is 6.54 Å². The van der Waals surface area contributed by atoms with Gasteiger partial charge in [0.25, 0.3) is 0 Å². The number of benzene rings is 1. The van der Waals surface area contributed by atoms with E-state index in [-0.39, 0.29) is 0 Å². The van der Waals surface area contributed by atoms with Gasteiger partial charge in [0.1, 0.15) is 11.8 Å². The number of ether oxygens (including phenoxy) is 1. The van der Waals surface area contributed by atoms with Gasteiger partial charge in [0, 0.05) is 6.54 Å². The van der Waals surface area contributed by atoms with Crippen LogP contribution in [0.4, 0.5) is 0 Å². The molecule has 0 aromatic heterocycles. The fourth-order valence-electron chi connectivity index (χ4n) is 2.78. The highest BCUT2D eigenvalue weighted by molar-refractivity contribution is 5.45. The number of hydrogen-bond acceptors (Lipinski definition) is 3. The van der Waals surface area contributed by atoms with Gasteiger partial charge in [-0.05, 0) is 36.6 Å². The quantitative estimate of drug-likeness (QED) is 0.797. The lowest BCUT2D eigenvalue weighted by molar-refractivity contribution is 0.412. The van der Waals surface area contributed by atoms with E-state index in [1.807, 2.05) is 18.2 Å². The standard InChI is InChI=1S/C16H22N2O/c1-19-16-10-14(6-7-15(16)11-17)12-18-9-8-13-4-2-3-5-13/h6-7,10,13,18H,2-5,8-9,12H2,1H3. The van der Waals surface area contributed by atoms with E-state index in [1.54, 1.807) is 7.11 Å². The van der Waals surface area contributed by atoms with Crippen molar-refractivity contribution in [3.05, 3.63) is 29.3 Å². The van der Waals surface area contributed by atoms with Crippen molar-refractivity contribution in [2.24, 2.45) is 5.92 Å². The van der Waals surface area contributed by atoms with Crippen LogP contribution in [0.5, 0.6) is 5.75 Å². The fourth-order valence-corrected chi connectivity index (χ4v) is 2.78. The summed E-state index contributed by atoms with van der Waals surface area (Å²) in [4.78, 5) is 0. The van der Waals surface area contributed by atoms with Crippen molar-refractivity contribution in [3.63, 3.8) is 0 Å². The summed E-state index contributed by atoms with van der Waals surface area (Å²) in [6.07, 6.45) is 6.93. The summed E-state index contributed by atoms with van der Waals surface area (Å²) in [7, 11) is 1.60. The summed E-state index contributed by atoms with van der Waals surface area (Å²) < 4.78 is 5.21. The highest BCUT2D eigenvalue weighted by Gasteiger charge is 2.13. The molecule has 0 unspecified atom stereocenters. The highest BCUT2D eigenvalue weighted by atomic mass is 16.5. The molecule has 0 bridgehead atoms. The van der Waals surface area contributed by atoms with Gasteiger partial charge < -0.3 is 10.1 Å². The Morgan fingerprint density at radius 2 is 2.16 bits per heavy atom. The molecule has 2 rings (SSSR count). The first-order chi connectivity index (χ1) is 9.33. The molecule has 1 saturated carbocycles. The maximum Gasteiger partial charge on any atom is 0.136 e. The topological polar surface area (TPSA) is 45.0 Å². The fraction of sp³-hybridized carbons (Fsp3) is 0.562. The number of rotatable bonds is 6. The molecule has 0 heterocycles. The molecule has 19 heavy (non-hydrogen) atoms. The average Bonchev–Trinajstić information content (AvgIpc) is 2.96. The maximum atomic E-state index is 8.93. The lowest BCUT2D eigenvalue weighted by Crippen LogP contribution is -2.17. The van der Waals surface area contributed by atoms with Crippen LogP contribution in [0.1, 0.15) is 43.2 Å². The van der Waals surface area contributed by atoms with Crippen molar-refractivity contribution < 1.29 is 4.74 Å². The van der Waals surface area contributed by atoms with E-state index in [9.17, 15) is 0 Å². The molecule has 0 amide bonds. The van der Waals surface area contributed by atoms with Crippen LogP contribution in [0.3, 0.4) is 0 Å². The monoisotopic (exact) mass is 258 g/mol. The summed E-state index contributed by atoms with van der Waals surface area (Å²) in [6.45, 7) is 1.92. The van der Waals surface area contributed by atoms with Crippen molar-refractivity contribution in [3.8, 4) is 11.8 Å². The molecule has 1 aliphatic rings. The lowest BCUT2D eigenvalue weighted by atomic mass is 10.0. The van der Waals surface area contributed by atoms with Crippen LogP contribution in [0.25, 0.3) is 0 Å². The summed E-state index contributed by atoms with van der Waals surface area (Å²) in [6, 6.07) is 7.89. The first kappa shape index (κ1) is 13.9. The zero-order valence-corrected chi connectivity index (χ0v) is 11.6. The third-order valence-corrected chi connectivity index (χ3v) is 3.92. The van der Waals surface area contributed by atoms with E-state index < -0.39 is 0 Å². The molecule has 0 spiro atoms. The Hall–Kier alpha value is -1.53. The van der Waals surface area contributed by atoms with Crippen LogP contribution < -0.4 is 10.1 Å². The van der Waals surface area contributed by atoms with Gasteiger partial charge in [0.2, 0.25) is 0 Å². The number of methoxy groups -OCH3 is 1. The van der Waals surface area contributed by atoms with Crippen molar-refractivity contribution in [2.45, 2.75) is 38.6 Å². The smallest absolute Gasteiger partial charge is 0.136 e. The Morgan fingerprint density at radius 3 is 2.84 bits per heavy atom. The molecule has 1 N–H and O–H groups in total. The Balaban J connectivity index is 1.77. The summed E-state index contributed by atoms with van der Waals surface area (Å²) >= 11 is 0. The predicted octanol–water partition coefficient (Wildman–Crippen LogP) is 3.24. The average molecular weight is 258 g/mol. The van der Waals surface area contributed by atoms with E-state index in [0.29, 0.717) is 11.3 Å². The molecular formula is C16H22N2O. The van der Waals surface area contributed by atoms with Gasteiger partial charge >= 0.3 is 0 Å². The van der Waals surface area contributed by atoms with Gasteiger partial charge in [-0.3, -0.25) is 0 Å². The molecule has 1 aliphatic carbocycles. The van der Waals surface area contributed by atoms with E-state index >= 15 is 0 Å². The summed E-state index contributed by atoms with van der Waals surface area (Å²) in [5.41, 5.74) is 1.76. The number of nitrogens with zero attached hydrogens (tertiary/aromatic N) is 1. The van der Waals surface area contributed by atoms with Gasteiger partial charge in [0.05, 0.1) is 12.7 Å². The molecule has 1 fully saturated rings. The molecule has 0 atom stereocenters. The number of nitrogens with one attached hydrogen (secondary N) is 1. The van der Waals surface area contributed by atoms with Crippen LogP contribution in [0, 0.1) is 17.2 Å². The van der Waals surface area contributed by atoms with Crippen LogP contribution in [-0.4, -0.2) is 13.7 Å². The van der Waals surface area contributed by atoms with E-state index in [4.69, 9.17) is 10.00 Å². The van der Waals surface area contributed by atoms with Crippen LogP contribution in [0.15, 0.2) is 18.2 Å². The van der Waals surface area contributed by atoms with Crippen LogP contribution >= 0.6 is 0 Å². The van der Waals surface area contributed by atoms with Crippen molar-refractivity contribution in [1.29, 1.82) is 5.26 Å². The molecule has 1 aromatic carbocycles. The van der Waals surface area contributed by atoms with Gasteiger partial charge in [-0.1, -0.05) is 31.7 Å². The predicted molar refractivity (Wildman–Crippen MR) is 76.0 cm³/mol. The molecule has 3 nitrogen and oxygen atoms in total. The third kappa shape index (κ3) is 3.97. The Bertz CT molecular complexity index is 445. The first-order valence-electron chi connectivity index (χ1n) is 7.11. The Morgan fingerprint density at radius 1 is 1.37 bits per heavy atom. The zero-order valence-electron chi connectivity index (χ0n) is 11.6. The van der Waals surface area contributed by atoms with Gasteiger partial charge in [-0.25, -0.2) is 0 Å². The molecule has 0 aliphatic heterocycles. The van der Waals surface area contributed by atoms with Gasteiger partial charge in [0.15, 0.2) is 0 Å². The summed E-state index contributed by atoms with van der Waals surface area (Å²) in [5, 5.41) is 12.4. The Labute approximate surface area is 115 Å². The van der Waals surface area contributed by atoms with Crippen molar-refractivity contribution in [1.82, 2.24) is 5.32 Å². The largest absolute Gasteiger partial charge is 0.495 e. The van der Waals surface area contributed by atoms with E-state index in [2.05, 4.69) is 11.4 Å². The maximum absolute atomic E-state index is 8.93. The minimum Gasteiger partial charge on any atom is -0.495 e. The highest BCUT2D eigenvalue weighted by Crippen LogP contribution is 2.27. The molecule has 0 saturated heterocycles. The second-order valence-electron chi connectivity index (χ2n) is 5.26. The lowest BCUT2D eigenvalue weighted by Gasteiger charge is -2.10. The number of hydrogen-bond donors (Lipinski definition) is 1. The van der Waals surface area contributed by atoms with Gasteiger partial charge in [-0.15, -0.1) is 0 Å². The SMILES string of the molecule is COc1cc(CNCCC2CCCC2)ccc1C#N. The van der Waals surface area contributed by atoms with Crippen molar-refractivity contribution in [2.75, 3.05) is 13.7 Å². The van der Waals surface area contributed by atoms with Crippen molar-refractivity contribution >= 4 is 0 Å². The minimum absolute atomic E-state index is 0.595. The minimum atomic E-state index is 0.595. The molecule has 0 radical (unpaired) electrons. The second kappa shape index (κ2) is 7.16. The first-order valence-corrected chi connectivity index (χ1v) is 7.11. The van der Waals surface area contributed by atoms with Crippen LogP contribution in [0.2, 0.25) is 0 Å². The zero-order chi connectivity index (χ0) is 13.5. The normalized spacial score (nSPS) is 15.4. The molecule has 3 heteroatoms. The second-order valence-corrected chi connectivity index (χ2v) is 5.26. The molecule has 102 valence electrons. The van der Waals surface area contributed by atoms with E-state index in [0.717, 1.165) is 19.0 Å². The third-order valence-electron chi connectivity index (χ3n) is 3.92. The molecule has 1 aromatic rings. The summed E-state index contributed by atoms with van der Waals surface area (Å²) in [5.74, 6) is 1.60.